The first-order chi connectivity index (χ1) is 11.6. The Labute approximate surface area is 140 Å². The van der Waals surface area contributed by atoms with Crippen LogP contribution < -0.4 is 5.56 Å². The molecule has 3 saturated heterocycles. The van der Waals surface area contributed by atoms with Gasteiger partial charge in [0.25, 0.3) is 11.5 Å². The normalized spacial score (nSPS) is 27.1. The molecule has 4 fully saturated rings. The van der Waals surface area contributed by atoms with Gasteiger partial charge in [0.2, 0.25) is 5.91 Å². The second-order valence-corrected chi connectivity index (χ2v) is 7.22. The van der Waals surface area contributed by atoms with Crippen LogP contribution in [0.5, 0.6) is 0 Å². The highest BCUT2D eigenvalue weighted by Gasteiger charge is 2.43. The van der Waals surface area contributed by atoms with Crippen molar-refractivity contribution in [1.29, 1.82) is 0 Å². The molecule has 1 aromatic heterocycles. The van der Waals surface area contributed by atoms with Crippen LogP contribution in [0.3, 0.4) is 0 Å². The molecule has 4 aliphatic rings. The van der Waals surface area contributed by atoms with Crippen LogP contribution in [-0.2, 0) is 4.79 Å². The van der Waals surface area contributed by atoms with Crippen molar-refractivity contribution < 1.29 is 9.59 Å². The van der Waals surface area contributed by atoms with E-state index in [9.17, 15) is 14.4 Å². The summed E-state index contributed by atoms with van der Waals surface area (Å²) in [5.74, 6) is 0.540. The Hall–Kier alpha value is -2.18. The Morgan fingerprint density at radius 2 is 2.04 bits per heavy atom. The first-order valence-electron chi connectivity index (χ1n) is 8.76. The van der Waals surface area contributed by atoms with Gasteiger partial charge in [0.05, 0.1) is 12.1 Å². The first kappa shape index (κ1) is 15.4. The van der Waals surface area contributed by atoms with E-state index in [4.69, 9.17) is 0 Å². The number of amides is 2. The lowest BCUT2D eigenvalue weighted by molar-refractivity contribution is -0.141. The van der Waals surface area contributed by atoms with E-state index in [1.165, 1.54) is 25.5 Å². The molecule has 7 nitrogen and oxygen atoms in total. The van der Waals surface area contributed by atoms with Crippen molar-refractivity contribution in [3.05, 3.63) is 28.4 Å². The fourth-order valence-electron chi connectivity index (χ4n) is 4.02. The molecular weight excluding hydrogens is 308 g/mol. The van der Waals surface area contributed by atoms with Crippen molar-refractivity contribution in [2.45, 2.75) is 38.1 Å². The van der Waals surface area contributed by atoms with E-state index >= 15 is 0 Å². The smallest absolute Gasteiger partial charge is 0.274 e. The molecule has 1 aliphatic carbocycles. The van der Waals surface area contributed by atoms with E-state index in [0.717, 1.165) is 25.6 Å². The maximum Gasteiger partial charge on any atom is 0.274 e. The molecule has 0 radical (unpaired) electrons. The average Bonchev–Trinajstić information content (AvgIpc) is 2.83. The number of carbonyl (C=O) groups excluding carboxylic acids is 2. The van der Waals surface area contributed by atoms with Crippen LogP contribution >= 0.6 is 0 Å². The number of hydrogen-bond acceptors (Lipinski definition) is 4. The number of aromatic nitrogens is 2. The quantitative estimate of drug-likeness (QED) is 0.881. The SMILES string of the molecule is O=C(c1c[nH]c(=O)cn1)N1C[C@H]2CC[C@@H](C1)N(CC1CCC1)C2=O. The van der Waals surface area contributed by atoms with Crippen LogP contribution in [0, 0.1) is 11.8 Å². The molecular formula is C17H22N4O3. The maximum absolute atomic E-state index is 12.8. The summed E-state index contributed by atoms with van der Waals surface area (Å²) in [6.45, 7) is 1.86. The molecule has 4 heterocycles. The number of hydrogen-bond donors (Lipinski definition) is 1. The van der Waals surface area contributed by atoms with Gasteiger partial charge in [-0.15, -0.1) is 0 Å². The van der Waals surface area contributed by atoms with E-state index < -0.39 is 0 Å². The Kier molecular flexibility index (Phi) is 3.86. The summed E-state index contributed by atoms with van der Waals surface area (Å²) in [6, 6.07) is 0.114. The molecule has 3 aliphatic heterocycles. The van der Waals surface area contributed by atoms with Gasteiger partial charge in [0, 0.05) is 31.9 Å². The molecule has 7 heteroatoms. The number of H-pyrrole nitrogens is 1. The number of piperidine rings is 1. The maximum atomic E-state index is 12.8. The zero-order valence-corrected chi connectivity index (χ0v) is 13.6. The topological polar surface area (TPSA) is 86.4 Å². The van der Waals surface area contributed by atoms with Crippen molar-refractivity contribution >= 4 is 11.8 Å². The third-order valence-electron chi connectivity index (χ3n) is 5.65. The Morgan fingerprint density at radius 1 is 1.21 bits per heavy atom. The molecule has 2 bridgehead atoms. The van der Waals surface area contributed by atoms with Crippen LogP contribution in [0.4, 0.5) is 0 Å². The molecule has 1 saturated carbocycles. The molecule has 2 amide bonds. The van der Waals surface area contributed by atoms with Gasteiger partial charge in [0.1, 0.15) is 5.69 Å². The van der Waals surface area contributed by atoms with Gasteiger partial charge >= 0.3 is 0 Å². The van der Waals surface area contributed by atoms with Crippen molar-refractivity contribution in [3.8, 4) is 0 Å². The highest BCUT2D eigenvalue weighted by Crippen LogP contribution is 2.34. The second kappa shape index (κ2) is 6.03. The monoisotopic (exact) mass is 330 g/mol. The number of rotatable bonds is 3. The minimum atomic E-state index is -0.329. The zero-order chi connectivity index (χ0) is 16.7. The van der Waals surface area contributed by atoms with Crippen LogP contribution in [0.15, 0.2) is 17.2 Å². The number of fused-ring (bicyclic) bond motifs is 4. The summed E-state index contributed by atoms with van der Waals surface area (Å²) >= 11 is 0. The number of aromatic amines is 1. The molecule has 0 unspecified atom stereocenters. The van der Waals surface area contributed by atoms with Gasteiger partial charge in [-0.1, -0.05) is 6.42 Å². The summed E-state index contributed by atoms with van der Waals surface area (Å²) in [7, 11) is 0. The predicted molar refractivity (Wildman–Crippen MR) is 86.3 cm³/mol. The average molecular weight is 330 g/mol. The van der Waals surface area contributed by atoms with E-state index in [1.807, 2.05) is 4.90 Å². The van der Waals surface area contributed by atoms with Gasteiger partial charge in [0.15, 0.2) is 0 Å². The molecule has 1 aromatic rings. The Balaban J connectivity index is 1.52. The van der Waals surface area contributed by atoms with E-state index in [-0.39, 0.29) is 35.0 Å². The fourth-order valence-corrected chi connectivity index (χ4v) is 4.02. The highest BCUT2D eigenvalue weighted by molar-refractivity contribution is 5.93. The Morgan fingerprint density at radius 3 is 2.71 bits per heavy atom. The lowest BCUT2D eigenvalue weighted by atomic mass is 9.83. The molecule has 128 valence electrons. The summed E-state index contributed by atoms with van der Waals surface area (Å²) < 4.78 is 0. The molecule has 0 aromatic carbocycles. The number of nitrogens with zero attached hydrogens (tertiary/aromatic N) is 3. The largest absolute Gasteiger partial charge is 0.337 e. The van der Waals surface area contributed by atoms with Crippen LogP contribution in [0.1, 0.15) is 42.6 Å². The van der Waals surface area contributed by atoms with E-state index in [0.29, 0.717) is 19.0 Å². The Bertz CT molecular complexity index is 692. The summed E-state index contributed by atoms with van der Waals surface area (Å²) in [6.07, 6.45) is 7.98. The van der Waals surface area contributed by atoms with Gasteiger partial charge in [-0.3, -0.25) is 14.4 Å². The van der Waals surface area contributed by atoms with Gasteiger partial charge in [-0.05, 0) is 31.6 Å². The van der Waals surface area contributed by atoms with Crippen LogP contribution in [0.25, 0.3) is 0 Å². The summed E-state index contributed by atoms with van der Waals surface area (Å²) in [4.78, 5) is 46.8. The minimum absolute atomic E-state index is 0.101. The van der Waals surface area contributed by atoms with Gasteiger partial charge < -0.3 is 14.8 Å². The highest BCUT2D eigenvalue weighted by atomic mass is 16.2. The standard InChI is InChI=1S/C17H22N4O3/c22-15-7-18-14(6-19-15)17(24)20-9-12-4-5-13(10-20)21(16(12)23)8-11-2-1-3-11/h6-7,11-13H,1-5,8-10H2,(H,19,22)/t12-,13+/m1/s1. The van der Waals surface area contributed by atoms with Gasteiger partial charge in [-0.25, -0.2) is 4.98 Å². The molecule has 24 heavy (non-hydrogen) atoms. The van der Waals surface area contributed by atoms with E-state index in [1.54, 1.807) is 4.90 Å². The molecule has 5 rings (SSSR count). The lowest BCUT2D eigenvalue weighted by Crippen LogP contribution is -2.50. The van der Waals surface area contributed by atoms with Crippen LogP contribution in [-0.4, -0.2) is 57.3 Å². The summed E-state index contributed by atoms with van der Waals surface area (Å²) in [5, 5.41) is 0. The van der Waals surface area contributed by atoms with Gasteiger partial charge in [-0.2, -0.15) is 0 Å². The lowest BCUT2D eigenvalue weighted by Gasteiger charge is -2.40. The number of carbonyl (C=O) groups is 2. The number of nitrogens with one attached hydrogen (secondary N) is 1. The second-order valence-electron chi connectivity index (χ2n) is 7.22. The van der Waals surface area contributed by atoms with Crippen molar-refractivity contribution in [1.82, 2.24) is 19.8 Å². The molecule has 2 atom stereocenters. The van der Waals surface area contributed by atoms with E-state index in [2.05, 4.69) is 9.97 Å². The fraction of sp³-hybridized carbons (Fsp3) is 0.647. The van der Waals surface area contributed by atoms with Crippen molar-refractivity contribution in [3.63, 3.8) is 0 Å². The summed E-state index contributed by atoms with van der Waals surface area (Å²) in [5.41, 5.74) is -0.0989. The first-order valence-corrected chi connectivity index (χ1v) is 8.76. The zero-order valence-electron chi connectivity index (χ0n) is 13.6. The third-order valence-corrected chi connectivity index (χ3v) is 5.65. The molecule has 1 N–H and O–H groups in total. The predicted octanol–water partition coefficient (Wildman–Crippen LogP) is 0.633. The van der Waals surface area contributed by atoms with Crippen LogP contribution in [0.2, 0.25) is 0 Å². The minimum Gasteiger partial charge on any atom is -0.337 e. The third kappa shape index (κ3) is 2.72. The van der Waals surface area contributed by atoms with Crippen molar-refractivity contribution in [2.75, 3.05) is 19.6 Å². The van der Waals surface area contributed by atoms with Crippen molar-refractivity contribution in [2.24, 2.45) is 11.8 Å². The molecule has 0 spiro atoms.